The first-order valence-corrected chi connectivity index (χ1v) is 15.6. The van der Waals surface area contributed by atoms with Gasteiger partial charge in [-0.25, -0.2) is 18.1 Å². The minimum absolute atomic E-state index is 0.0220. The van der Waals surface area contributed by atoms with E-state index in [2.05, 4.69) is 47.5 Å². The van der Waals surface area contributed by atoms with Crippen molar-refractivity contribution in [2.24, 2.45) is 5.92 Å². The Morgan fingerprint density at radius 3 is 2.39 bits per heavy atom. The fraction of sp³-hybridized carbons (Fsp3) is 0.452. The molecule has 0 spiro atoms. The van der Waals surface area contributed by atoms with Gasteiger partial charge >= 0.3 is 0 Å². The summed E-state index contributed by atoms with van der Waals surface area (Å²) in [6.07, 6.45) is 2.43. The van der Waals surface area contributed by atoms with E-state index in [1.54, 1.807) is 18.2 Å². The van der Waals surface area contributed by atoms with Crippen LogP contribution in [0.5, 0.6) is 5.88 Å². The number of carbonyl (C=O) groups excluding carboxylic acids is 1. The highest BCUT2D eigenvalue weighted by atomic mass is 32.2. The number of amides is 1. The van der Waals surface area contributed by atoms with Crippen LogP contribution in [0.1, 0.15) is 54.6 Å². The fourth-order valence-electron chi connectivity index (χ4n) is 5.84. The van der Waals surface area contributed by atoms with Crippen molar-refractivity contribution in [2.45, 2.75) is 70.0 Å². The molecule has 1 N–H and O–H groups in total. The van der Waals surface area contributed by atoms with Crippen LogP contribution in [0.3, 0.4) is 0 Å². The Hall–Kier alpha value is -3.50. The monoisotopic (exact) mass is 577 g/mol. The van der Waals surface area contributed by atoms with Gasteiger partial charge in [0.15, 0.2) is 0 Å². The largest absolute Gasteiger partial charge is 0.475 e. The molecule has 9 nitrogen and oxygen atoms in total. The molecule has 0 saturated heterocycles. The quantitative estimate of drug-likeness (QED) is 0.460. The molecule has 0 radical (unpaired) electrons. The van der Waals surface area contributed by atoms with Gasteiger partial charge in [0.2, 0.25) is 11.8 Å². The first-order valence-electron chi connectivity index (χ1n) is 14.1. The van der Waals surface area contributed by atoms with E-state index in [4.69, 9.17) is 4.74 Å². The van der Waals surface area contributed by atoms with Crippen molar-refractivity contribution in [1.82, 2.24) is 19.8 Å². The third kappa shape index (κ3) is 6.08. The summed E-state index contributed by atoms with van der Waals surface area (Å²) in [6, 6.07) is 14.1. The van der Waals surface area contributed by atoms with Gasteiger partial charge in [-0.15, -0.1) is 0 Å². The fourth-order valence-corrected chi connectivity index (χ4v) is 6.83. The molecule has 1 aliphatic heterocycles. The zero-order valence-corrected chi connectivity index (χ0v) is 25.4. The third-order valence-electron chi connectivity index (χ3n) is 8.06. The van der Waals surface area contributed by atoms with Crippen molar-refractivity contribution in [3.8, 4) is 17.1 Å². The molecule has 1 fully saturated rings. The number of nitrogens with zero attached hydrogens (tertiary/aromatic N) is 4. The van der Waals surface area contributed by atoms with Gasteiger partial charge in [0.1, 0.15) is 6.61 Å². The van der Waals surface area contributed by atoms with E-state index in [-0.39, 0.29) is 41.3 Å². The Labute approximate surface area is 243 Å². The maximum atomic E-state index is 14.1. The summed E-state index contributed by atoms with van der Waals surface area (Å²) in [6.45, 7) is 8.47. The molecule has 1 saturated carbocycles. The predicted octanol–water partition coefficient (Wildman–Crippen LogP) is 4.90. The Morgan fingerprint density at radius 2 is 1.73 bits per heavy atom. The molecule has 4 bridgehead atoms. The number of ether oxygens (including phenoxy) is 1. The molecule has 218 valence electrons. The van der Waals surface area contributed by atoms with Crippen LogP contribution in [0, 0.1) is 19.8 Å². The molecule has 2 aliphatic rings. The number of fused-ring (bicyclic) bond motifs is 4. The molecule has 5 rings (SSSR count). The summed E-state index contributed by atoms with van der Waals surface area (Å²) < 4.78 is 35.9. The third-order valence-corrected chi connectivity index (χ3v) is 9.39. The molecular formula is C31H39N5O4S. The van der Waals surface area contributed by atoms with Crippen LogP contribution in [0.15, 0.2) is 53.4 Å². The topological polar surface area (TPSA) is 105 Å². The first-order chi connectivity index (χ1) is 19.4. The summed E-state index contributed by atoms with van der Waals surface area (Å²) in [7, 11) is 0.0180. The summed E-state index contributed by atoms with van der Waals surface area (Å²) in [4.78, 5) is 27.3. The van der Waals surface area contributed by atoms with Crippen molar-refractivity contribution in [2.75, 3.05) is 25.4 Å². The summed E-state index contributed by atoms with van der Waals surface area (Å²) in [5.41, 5.74) is 3.80. The van der Waals surface area contributed by atoms with Gasteiger partial charge in [-0.05, 0) is 82.4 Å². The lowest BCUT2D eigenvalue weighted by Gasteiger charge is -2.48. The zero-order valence-electron chi connectivity index (χ0n) is 24.6. The summed E-state index contributed by atoms with van der Waals surface area (Å²) in [5, 5.41) is 0. The van der Waals surface area contributed by atoms with Gasteiger partial charge in [-0.3, -0.25) is 4.79 Å². The van der Waals surface area contributed by atoms with E-state index in [9.17, 15) is 13.2 Å². The van der Waals surface area contributed by atoms with Crippen molar-refractivity contribution < 1.29 is 17.9 Å². The summed E-state index contributed by atoms with van der Waals surface area (Å²) in [5.74, 6) is 0.286. The molecule has 2 aromatic carbocycles. The second-order valence-corrected chi connectivity index (χ2v) is 13.5. The number of sulfonamides is 1. The highest BCUT2D eigenvalue weighted by Crippen LogP contribution is 2.34. The zero-order chi connectivity index (χ0) is 29.5. The SMILES string of the molecule is Cc1cccc(C)c1-c1cc2nc(n1)NS(=O)(=O)c1cccc(c1)C(=O)N([C@H]1C[C@@H](N(C)C)C1)[C@H](CC(C)C)CO2. The molecule has 1 atom stereocenters. The first kappa shape index (κ1) is 29.0. The van der Waals surface area contributed by atoms with Crippen LogP contribution < -0.4 is 9.46 Å². The van der Waals surface area contributed by atoms with E-state index in [1.165, 1.54) is 12.1 Å². The number of hydrogen-bond acceptors (Lipinski definition) is 7. The maximum Gasteiger partial charge on any atom is 0.264 e. The van der Waals surface area contributed by atoms with Crippen molar-refractivity contribution in [3.05, 3.63) is 65.2 Å². The second kappa shape index (κ2) is 11.4. The molecule has 1 amide bonds. The van der Waals surface area contributed by atoms with Crippen LogP contribution in [0.2, 0.25) is 0 Å². The van der Waals surface area contributed by atoms with Crippen molar-refractivity contribution in [1.29, 1.82) is 0 Å². The standard InChI is InChI=1S/C31H39N5O4S/c1-19(2)13-25-18-40-28-17-27(29-20(3)9-7-10-21(29)4)32-31(33-28)34-41(38,39)26-12-8-11-22(14-26)30(37)36(25)24-15-23(16-24)35(5)6/h7-12,14,17,19,23-25H,13,15-16,18H2,1-6H3,(H,32,33,34)/t23-,24+,25-/m1/s1. The van der Waals surface area contributed by atoms with Gasteiger partial charge < -0.3 is 14.5 Å². The molecule has 1 aliphatic carbocycles. The van der Waals surface area contributed by atoms with E-state index in [1.807, 2.05) is 36.9 Å². The van der Waals surface area contributed by atoms with Gasteiger partial charge in [0, 0.05) is 29.3 Å². The smallest absolute Gasteiger partial charge is 0.264 e. The van der Waals surface area contributed by atoms with E-state index < -0.39 is 10.0 Å². The number of carbonyl (C=O) groups is 1. The number of aryl methyl sites for hydroxylation is 2. The number of anilines is 1. The molecular weight excluding hydrogens is 538 g/mol. The molecule has 41 heavy (non-hydrogen) atoms. The molecule has 3 aromatic rings. The van der Waals surface area contributed by atoms with E-state index >= 15 is 0 Å². The number of nitrogens with one attached hydrogen (secondary N) is 1. The number of rotatable bonds is 5. The van der Waals surface area contributed by atoms with Crippen LogP contribution >= 0.6 is 0 Å². The van der Waals surface area contributed by atoms with Crippen LogP contribution in [-0.4, -0.2) is 72.9 Å². The lowest BCUT2D eigenvalue weighted by atomic mass is 9.82. The van der Waals surface area contributed by atoms with Gasteiger partial charge in [-0.2, -0.15) is 4.98 Å². The lowest BCUT2D eigenvalue weighted by Crippen LogP contribution is -2.58. The van der Waals surface area contributed by atoms with Crippen molar-refractivity contribution in [3.63, 3.8) is 0 Å². The van der Waals surface area contributed by atoms with Gasteiger partial charge in [-0.1, -0.05) is 38.1 Å². The Morgan fingerprint density at radius 1 is 1.05 bits per heavy atom. The lowest BCUT2D eigenvalue weighted by molar-refractivity contribution is 0.00695. The highest BCUT2D eigenvalue weighted by molar-refractivity contribution is 7.92. The number of aromatic nitrogens is 2. The van der Waals surface area contributed by atoms with Gasteiger partial charge in [0.05, 0.1) is 16.6 Å². The normalized spacial score (nSPS) is 22.2. The van der Waals surface area contributed by atoms with E-state index in [0.717, 1.165) is 36.0 Å². The number of benzene rings is 2. The maximum absolute atomic E-state index is 14.1. The van der Waals surface area contributed by atoms with Crippen LogP contribution in [0.25, 0.3) is 11.3 Å². The van der Waals surface area contributed by atoms with Crippen LogP contribution in [0.4, 0.5) is 5.95 Å². The van der Waals surface area contributed by atoms with Crippen molar-refractivity contribution >= 4 is 21.9 Å². The van der Waals surface area contributed by atoms with Gasteiger partial charge in [0.25, 0.3) is 15.9 Å². The molecule has 10 heteroatoms. The molecule has 0 unspecified atom stereocenters. The minimum Gasteiger partial charge on any atom is -0.475 e. The molecule has 2 heterocycles. The highest BCUT2D eigenvalue weighted by Gasteiger charge is 2.41. The van der Waals surface area contributed by atoms with E-state index in [0.29, 0.717) is 23.2 Å². The Balaban J connectivity index is 1.64. The predicted molar refractivity (Wildman–Crippen MR) is 160 cm³/mol. The molecule has 1 aromatic heterocycles. The Bertz CT molecular complexity index is 1530. The number of hydrogen-bond donors (Lipinski definition) is 1. The average Bonchev–Trinajstić information content (AvgIpc) is 2.87. The van der Waals surface area contributed by atoms with Crippen LogP contribution in [-0.2, 0) is 10.0 Å². The average molecular weight is 578 g/mol. The Kier molecular flexibility index (Phi) is 8.07. The minimum atomic E-state index is -4.09. The summed E-state index contributed by atoms with van der Waals surface area (Å²) >= 11 is 0. The second-order valence-electron chi connectivity index (χ2n) is 11.9.